The quantitative estimate of drug-likeness (QED) is 0.226. The third kappa shape index (κ3) is 5.74. The van der Waals surface area contributed by atoms with Crippen LogP contribution >= 0.6 is 0 Å². The van der Waals surface area contributed by atoms with Gasteiger partial charge in [-0.25, -0.2) is 4.79 Å². The lowest BCUT2D eigenvalue weighted by atomic mass is 9.42. The molecular weight excluding hydrogens is 536 g/mol. The number of carbonyl (C=O) groups is 5. The molecule has 228 valence electrons. The molecule has 8 atom stereocenters. The third-order valence-corrected chi connectivity index (χ3v) is 9.67. The first kappa shape index (κ1) is 31.0. The Morgan fingerprint density at radius 3 is 2.24 bits per heavy atom. The molecule has 0 bridgehead atoms. The topological polar surface area (TPSA) is 144 Å². The lowest BCUT2D eigenvalue weighted by Crippen LogP contribution is -2.71. The van der Waals surface area contributed by atoms with Gasteiger partial charge >= 0.3 is 29.8 Å². The Morgan fingerprint density at radius 1 is 1.07 bits per heavy atom. The maximum atomic E-state index is 12.9. The van der Waals surface area contributed by atoms with E-state index in [9.17, 15) is 24.0 Å². The second-order valence-electron chi connectivity index (χ2n) is 12.6. The van der Waals surface area contributed by atoms with Crippen molar-refractivity contribution >= 4 is 29.8 Å². The van der Waals surface area contributed by atoms with Crippen molar-refractivity contribution in [3.05, 3.63) is 11.6 Å². The molecule has 0 aromatic rings. The Balaban J connectivity index is 1.88. The number of hydrogen-bond donors (Lipinski definition) is 0. The van der Waals surface area contributed by atoms with Gasteiger partial charge in [0, 0.05) is 38.3 Å². The largest absolute Gasteiger partial charge is 0.465 e. The van der Waals surface area contributed by atoms with Gasteiger partial charge in [-0.15, -0.1) is 0 Å². The first-order valence-corrected chi connectivity index (χ1v) is 14.3. The summed E-state index contributed by atoms with van der Waals surface area (Å²) in [6.45, 7) is 11.8. The molecule has 2 saturated carbocycles. The zero-order valence-corrected chi connectivity index (χ0v) is 25.0. The van der Waals surface area contributed by atoms with Crippen molar-refractivity contribution in [2.45, 2.75) is 98.1 Å². The smallest absolute Gasteiger partial charge is 0.331 e. The Labute approximate surface area is 240 Å². The monoisotopic (exact) mass is 578 g/mol. The summed E-state index contributed by atoms with van der Waals surface area (Å²) in [5.74, 6) is -3.45. The van der Waals surface area contributed by atoms with Gasteiger partial charge in [0.15, 0.2) is 0 Å². The van der Waals surface area contributed by atoms with E-state index in [-0.39, 0.29) is 25.6 Å². The van der Waals surface area contributed by atoms with Crippen molar-refractivity contribution < 1.29 is 52.4 Å². The molecule has 0 amide bonds. The van der Waals surface area contributed by atoms with E-state index in [4.69, 9.17) is 28.4 Å². The van der Waals surface area contributed by atoms with Crippen molar-refractivity contribution in [1.29, 1.82) is 0 Å². The van der Waals surface area contributed by atoms with Gasteiger partial charge in [-0.1, -0.05) is 27.7 Å². The first-order valence-electron chi connectivity index (χ1n) is 14.3. The predicted molar refractivity (Wildman–Crippen MR) is 142 cm³/mol. The molecule has 41 heavy (non-hydrogen) atoms. The Morgan fingerprint density at radius 2 is 1.73 bits per heavy atom. The molecule has 11 heteroatoms. The van der Waals surface area contributed by atoms with Crippen LogP contribution in [0.2, 0.25) is 0 Å². The minimum atomic E-state index is -1.05. The fourth-order valence-electron chi connectivity index (χ4n) is 7.56. The first-order chi connectivity index (χ1) is 19.1. The fourth-order valence-corrected chi connectivity index (χ4v) is 7.56. The fraction of sp³-hybridized carbons (Fsp3) is 0.767. The maximum Gasteiger partial charge on any atom is 0.331 e. The number of carbonyl (C=O) groups excluding carboxylic acids is 5. The zero-order chi connectivity index (χ0) is 30.3. The van der Waals surface area contributed by atoms with Crippen LogP contribution in [0.5, 0.6) is 0 Å². The van der Waals surface area contributed by atoms with E-state index in [0.29, 0.717) is 31.4 Å². The van der Waals surface area contributed by atoms with Crippen LogP contribution in [0.25, 0.3) is 0 Å². The van der Waals surface area contributed by atoms with Crippen LogP contribution in [0.1, 0.15) is 74.1 Å². The summed E-state index contributed by atoms with van der Waals surface area (Å²) in [6, 6.07) is 0. The van der Waals surface area contributed by atoms with E-state index >= 15 is 0 Å². The van der Waals surface area contributed by atoms with E-state index in [1.807, 2.05) is 13.8 Å². The molecule has 3 fully saturated rings. The number of epoxide rings is 1. The summed E-state index contributed by atoms with van der Waals surface area (Å²) in [7, 11) is 0. The summed E-state index contributed by atoms with van der Waals surface area (Å²) in [5, 5.41) is 0. The van der Waals surface area contributed by atoms with Crippen LogP contribution in [-0.4, -0.2) is 73.6 Å². The van der Waals surface area contributed by atoms with E-state index in [1.54, 1.807) is 13.8 Å². The van der Waals surface area contributed by atoms with Gasteiger partial charge < -0.3 is 28.4 Å². The highest BCUT2D eigenvalue weighted by atomic mass is 16.6. The van der Waals surface area contributed by atoms with Crippen molar-refractivity contribution in [1.82, 2.24) is 0 Å². The summed E-state index contributed by atoms with van der Waals surface area (Å²) < 4.78 is 35.0. The molecule has 0 N–H and O–H groups in total. The van der Waals surface area contributed by atoms with Crippen molar-refractivity contribution in [2.75, 3.05) is 19.8 Å². The molecule has 4 rings (SSSR count). The number of ether oxygens (including phenoxy) is 6. The van der Waals surface area contributed by atoms with Gasteiger partial charge in [0.25, 0.3) is 0 Å². The van der Waals surface area contributed by atoms with E-state index in [2.05, 4.69) is 0 Å². The highest BCUT2D eigenvalue weighted by molar-refractivity contribution is 5.85. The van der Waals surface area contributed by atoms with Gasteiger partial charge in [-0.2, -0.15) is 0 Å². The van der Waals surface area contributed by atoms with Crippen LogP contribution in [0.3, 0.4) is 0 Å². The Kier molecular flexibility index (Phi) is 8.60. The SMILES string of the molecule is CC(=O)OCC12C(OC(C)=O)CC(C)C(C)(CC(OC(=O)C(C)C)C3=CC(=O)OC3)C1C(OC(C)=O)CCC21CO1. The van der Waals surface area contributed by atoms with Crippen LogP contribution in [0, 0.1) is 28.6 Å². The molecule has 0 radical (unpaired) electrons. The minimum Gasteiger partial charge on any atom is -0.465 e. The Hall–Kier alpha value is -2.95. The van der Waals surface area contributed by atoms with Crippen molar-refractivity contribution in [3.63, 3.8) is 0 Å². The predicted octanol–water partition coefficient (Wildman–Crippen LogP) is 3.07. The molecule has 0 aromatic heterocycles. The van der Waals surface area contributed by atoms with E-state index in [0.717, 1.165) is 0 Å². The third-order valence-electron chi connectivity index (χ3n) is 9.67. The minimum absolute atomic E-state index is 0.000904. The summed E-state index contributed by atoms with van der Waals surface area (Å²) >= 11 is 0. The molecule has 2 aliphatic heterocycles. The van der Waals surface area contributed by atoms with Gasteiger partial charge in [-0.05, 0) is 37.0 Å². The summed E-state index contributed by atoms with van der Waals surface area (Å²) in [4.78, 5) is 62.0. The molecule has 11 nitrogen and oxygen atoms in total. The lowest BCUT2D eigenvalue weighted by Gasteiger charge is -2.64. The molecule has 0 aromatic carbocycles. The molecule has 2 heterocycles. The molecular formula is C30H42O11. The highest BCUT2D eigenvalue weighted by Crippen LogP contribution is 2.69. The second kappa shape index (κ2) is 11.4. The molecule has 4 aliphatic rings. The van der Waals surface area contributed by atoms with Gasteiger partial charge in [-0.3, -0.25) is 19.2 Å². The number of fused-ring (bicyclic) bond motifs is 2. The van der Waals surface area contributed by atoms with Crippen LogP contribution in [-0.2, 0) is 52.4 Å². The summed E-state index contributed by atoms with van der Waals surface area (Å²) in [6.07, 6.45) is 0.927. The van der Waals surface area contributed by atoms with E-state index in [1.165, 1.54) is 26.8 Å². The molecule has 1 saturated heterocycles. The van der Waals surface area contributed by atoms with Crippen molar-refractivity contribution in [2.24, 2.45) is 28.6 Å². The molecule has 2 aliphatic carbocycles. The number of rotatable bonds is 9. The highest BCUT2D eigenvalue weighted by Gasteiger charge is 2.77. The summed E-state index contributed by atoms with van der Waals surface area (Å²) in [5.41, 5.74) is -2.00. The lowest BCUT2D eigenvalue weighted by molar-refractivity contribution is -0.259. The second-order valence-corrected chi connectivity index (χ2v) is 12.6. The van der Waals surface area contributed by atoms with Gasteiger partial charge in [0.1, 0.15) is 37.1 Å². The van der Waals surface area contributed by atoms with Crippen LogP contribution < -0.4 is 0 Å². The average molecular weight is 579 g/mol. The normalized spacial score (nSPS) is 36.5. The maximum absolute atomic E-state index is 12.9. The van der Waals surface area contributed by atoms with Crippen LogP contribution in [0.4, 0.5) is 0 Å². The van der Waals surface area contributed by atoms with Crippen LogP contribution in [0.15, 0.2) is 11.6 Å². The molecule has 1 spiro atoms. The molecule has 8 unspecified atom stereocenters. The number of esters is 5. The van der Waals surface area contributed by atoms with Gasteiger partial charge in [0.2, 0.25) is 0 Å². The Bertz CT molecular complexity index is 1120. The standard InChI is InChI=1S/C30H42O11/c1-16(2)27(35)41-23(21-11-25(34)36-13-21)12-28(7)17(3)10-24(40-20(6)33)30(15-37-18(4)31)26(28)22(39-19(5)32)8-9-29(30)14-38-29/h11,16-17,22-24,26H,8-10,12-15H2,1-7H3. The average Bonchev–Trinajstić information content (AvgIpc) is 3.52. The van der Waals surface area contributed by atoms with E-state index < -0.39 is 76.4 Å². The van der Waals surface area contributed by atoms with Crippen molar-refractivity contribution in [3.8, 4) is 0 Å². The number of cyclic esters (lactones) is 1. The van der Waals surface area contributed by atoms with Gasteiger partial charge in [0.05, 0.1) is 17.9 Å². The number of hydrogen-bond acceptors (Lipinski definition) is 11. The zero-order valence-electron chi connectivity index (χ0n) is 25.0.